The van der Waals surface area contributed by atoms with Crippen LogP contribution >= 0.6 is 0 Å². The average Bonchev–Trinajstić information content (AvgIpc) is 2.85. The van der Waals surface area contributed by atoms with Crippen molar-refractivity contribution in [2.45, 2.75) is 0 Å². The van der Waals surface area contributed by atoms with Crippen LogP contribution in [-0.4, -0.2) is 20.8 Å². The fraction of sp³-hybridized carbons (Fsp3) is 0.0667. The number of nitrogens with one attached hydrogen (secondary N) is 1. The maximum absolute atomic E-state index is 12.2. The topological polar surface area (TPSA) is 67.2 Å². The zero-order chi connectivity index (χ0) is 14.1. The van der Waals surface area contributed by atoms with Crippen LogP contribution in [0.4, 0.5) is 5.82 Å². The molecule has 100 valence electrons. The van der Waals surface area contributed by atoms with E-state index < -0.39 is 0 Å². The lowest BCUT2D eigenvalue weighted by Gasteiger charge is -2.09. The van der Waals surface area contributed by atoms with Gasteiger partial charge in [-0.2, -0.15) is 5.10 Å². The summed E-state index contributed by atoms with van der Waals surface area (Å²) in [5.41, 5.74) is 0.241. The molecule has 0 aliphatic carbocycles. The summed E-state index contributed by atoms with van der Waals surface area (Å²) < 4.78 is 1.55. The second-order valence-corrected chi connectivity index (χ2v) is 4.48. The highest BCUT2D eigenvalue weighted by atomic mass is 16.3. The predicted molar refractivity (Wildman–Crippen MR) is 76.8 cm³/mol. The third-order valence-corrected chi connectivity index (χ3v) is 3.21. The molecule has 0 saturated heterocycles. The van der Waals surface area contributed by atoms with E-state index in [1.54, 1.807) is 36.1 Å². The number of carbonyl (C=O) groups is 1. The van der Waals surface area contributed by atoms with E-state index in [1.165, 1.54) is 0 Å². The van der Waals surface area contributed by atoms with Crippen molar-refractivity contribution in [2.75, 3.05) is 5.32 Å². The summed E-state index contributed by atoms with van der Waals surface area (Å²) >= 11 is 0. The standard InChI is InChI=1S/C15H13N3O2/c1-18-13(8-9-16-18)17-15(20)12-7-6-10-4-2-3-5-11(10)14(12)19/h2-9,19H,1H3,(H,17,20). The molecule has 0 aliphatic heterocycles. The van der Waals surface area contributed by atoms with E-state index in [2.05, 4.69) is 10.4 Å². The maximum Gasteiger partial charge on any atom is 0.260 e. The van der Waals surface area contributed by atoms with Crippen molar-refractivity contribution in [1.82, 2.24) is 9.78 Å². The van der Waals surface area contributed by atoms with Crippen LogP contribution in [0, 0.1) is 0 Å². The lowest BCUT2D eigenvalue weighted by molar-refractivity contribution is 0.102. The number of hydrogen-bond acceptors (Lipinski definition) is 3. The fourth-order valence-corrected chi connectivity index (χ4v) is 2.12. The van der Waals surface area contributed by atoms with Gasteiger partial charge in [0.05, 0.1) is 11.8 Å². The number of benzene rings is 2. The van der Waals surface area contributed by atoms with E-state index >= 15 is 0 Å². The molecule has 0 spiro atoms. The van der Waals surface area contributed by atoms with Crippen LogP contribution in [0.15, 0.2) is 48.7 Å². The molecule has 20 heavy (non-hydrogen) atoms. The van der Waals surface area contributed by atoms with Gasteiger partial charge in [-0.3, -0.25) is 9.48 Å². The van der Waals surface area contributed by atoms with Gasteiger partial charge in [0.1, 0.15) is 11.6 Å². The number of rotatable bonds is 2. The molecule has 0 saturated carbocycles. The number of carbonyl (C=O) groups excluding carboxylic acids is 1. The zero-order valence-electron chi connectivity index (χ0n) is 10.9. The smallest absolute Gasteiger partial charge is 0.260 e. The van der Waals surface area contributed by atoms with Crippen molar-refractivity contribution in [3.63, 3.8) is 0 Å². The predicted octanol–water partition coefficient (Wildman–Crippen LogP) is 2.53. The van der Waals surface area contributed by atoms with Gasteiger partial charge in [-0.05, 0) is 11.5 Å². The third kappa shape index (κ3) is 1.99. The number of aromatic nitrogens is 2. The van der Waals surface area contributed by atoms with Crippen LogP contribution in [0.25, 0.3) is 10.8 Å². The molecule has 1 aromatic heterocycles. The Labute approximate surface area is 115 Å². The first-order chi connectivity index (χ1) is 9.66. The number of aryl methyl sites for hydroxylation is 1. The molecule has 0 fully saturated rings. The number of phenolic OH excluding ortho intramolecular Hbond substituents is 1. The van der Waals surface area contributed by atoms with Crippen molar-refractivity contribution in [3.05, 3.63) is 54.2 Å². The Morgan fingerprint density at radius 2 is 2.00 bits per heavy atom. The minimum Gasteiger partial charge on any atom is -0.506 e. The molecule has 3 aromatic rings. The molecule has 1 amide bonds. The summed E-state index contributed by atoms with van der Waals surface area (Å²) in [5, 5.41) is 18.5. The van der Waals surface area contributed by atoms with E-state index in [9.17, 15) is 9.90 Å². The Morgan fingerprint density at radius 3 is 2.75 bits per heavy atom. The molecule has 0 unspecified atom stereocenters. The highest BCUT2D eigenvalue weighted by Crippen LogP contribution is 2.28. The van der Waals surface area contributed by atoms with Gasteiger partial charge in [0.2, 0.25) is 0 Å². The molecule has 3 rings (SSSR count). The Kier molecular flexibility index (Phi) is 2.87. The van der Waals surface area contributed by atoms with E-state index in [0.717, 1.165) is 5.39 Å². The minimum atomic E-state index is -0.364. The van der Waals surface area contributed by atoms with Crippen LogP contribution in [0.2, 0.25) is 0 Å². The van der Waals surface area contributed by atoms with Gasteiger partial charge >= 0.3 is 0 Å². The largest absolute Gasteiger partial charge is 0.506 e. The lowest BCUT2D eigenvalue weighted by atomic mass is 10.0. The summed E-state index contributed by atoms with van der Waals surface area (Å²) in [4.78, 5) is 12.2. The van der Waals surface area contributed by atoms with Crippen LogP contribution in [0.1, 0.15) is 10.4 Å². The van der Waals surface area contributed by atoms with Crippen LogP contribution in [0.3, 0.4) is 0 Å². The van der Waals surface area contributed by atoms with Gasteiger partial charge in [-0.1, -0.05) is 30.3 Å². The quantitative estimate of drug-likeness (QED) is 0.749. The first-order valence-electron chi connectivity index (χ1n) is 6.17. The van der Waals surface area contributed by atoms with Crippen molar-refractivity contribution in [3.8, 4) is 5.75 Å². The Bertz CT molecular complexity index is 793. The molecule has 0 bridgehead atoms. The number of nitrogens with zero attached hydrogens (tertiary/aromatic N) is 2. The van der Waals surface area contributed by atoms with E-state index in [1.807, 2.05) is 24.3 Å². The maximum atomic E-state index is 12.2. The molecule has 0 radical (unpaired) electrons. The summed E-state index contributed by atoms with van der Waals surface area (Å²) in [6, 6.07) is 12.5. The Hall–Kier alpha value is -2.82. The Balaban J connectivity index is 2.00. The van der Waals surface area contributed by atoms with Gasteiger partial charge in [-0.25, -0.2) is 0 Å². The molecular weight excluding hydrogens is 254 g/mol. The molecule has 5 heteroatoms. The van der Waals surface area contributed by atoms with Crippen molar-refractivity contribution in [2.24, 2.45) is 7.05 Å². The number of phenols is 1. The third-order valence-electron chi connectivity index (χ3n) is 3.21. The highest BCUT2D eigenvalue weighted by Gasteiger charge is 2.14. The molecular formula is C15H13N3O2. The summed E-state index contributed by atoms with van der Waals surface area (Å²) in [5.74, 6) is 0.196. The van der Waals surface area contributed by atoms with Crippen LogP contribution in [0.5, 0.6) is 5.75 Å². The van der Waals surface area contributed by atoms with Crippen molar-refractivity contribution in [1.29, 1.82) is 0 Å². The van der Waals surface area contributed by atoms with Crippen LogP contribution < -0.4 is 5.32 Å². The molecule has 5 nitrogen and oxygen atoms in total. The van der Waals surface area contributed by atoms with E-state index in [0.29, 0.717) is 11.2 Å². The highest BCUT2D eigenvalue weighted by molar-refractivity contribution is 6.09. The van der Waals surface area contributed by atoms with Crippen molar-refractivity contribution < 1.29 is 9.90 Å². The van der Waals surface area contributed by atoms with Gasteiger partial charge in [0.15, 0.2) is 0 Å². The van der Waals surface area contributed by atoms with Gasteiger partial charge in [-0.15, -0.1) is 0 Å². The fourth-order valence-electron chi connectivity index (χ4n) is 2.12. The number of aromatic hydroxyl groups is 1. The molecule has 0 aliphatic rings. The van der Waals surface area contributed by atoms with Crippen LogP contribution in [-0.2, 0) is 7.05 Å². The summed E-state index contributed by atoms with van der Waals surface area (Å²) in [6.07, 6.45) is 1.59. The van der Waals surface area contributed by atoms with E-state index in [-0.39, 0.29) is 17.2 Å². The molecule has 2 aromatic carbocycles. The van der Waals surface area contributed by atoms with Gasteiger partial charge in [0.25, 0.3) is 5.91 Å². The molecule has 1 heterocycles. The first-order valence-corrected chi connectivity index (χ1v) is 6.17. The van der Waals surface area contributed by atoms with E-state index in [4.69, 9.17) is 0 Å². The van der Waals surface area contributed by atoms with Crippen molar-refractivity contribution >= 4 is 22.5 Å². The monoisotopic (exact) mass is 267 g/mol. The molecule has 0 atom stereocenters. The first kappa shape index (κ1) is 12.2. The lowest BCUT2D eigenvalue weighted by Crippen LogP contribution is -2.14. The van der Waals surface area contributed by atoms with Gasteiger partial charge < -0.3 is 10.4 Å². The number of amides is 1. The minimum absolute atomic E-state index is 0.0113. The SMILES string of the molecule is Cn1nccc1NC(=O)c1ccc2ccccc2c1O. The Morgan fingerprint density at radius 1 is 1.20 bits per heavy atom. The number of hydrogen-bond donors (Lipinski definition) is 2. The van der Waals surface area contributed by atoms with Gasteiger partial charge in [0, 0.05) is 18.5 Å². The molecule has 2 N–H and O–H groups in total. The second-order valence-electron chi connectivity index (χ2n) is 4.48. The normalized spacial score (nSPS) is 10.7. The summed E-state index contributed by atoms with van der Waals surface area (Å²) in [7, 11) is 1.73. The zero-order valence-corrected chi connectivity index (χ0v) is 10.9. The summed E-state index contributed by atoms with van der Waals surface area (Å²) in [6.45, 7) is 0. The number of fused-ring (bicyclic) bond motifs is 1. The second kappa shape index (κ2) is 4.70. The average molecular weight is 267 g/mol. The number of anilines is 1.